The number of pyridine rings is 1. The second kappa shape index (κ2) is 5.60. The largest absolute Gasteiger partial charge is 0.444 e. The monoisotopic (exact) mass is 307 g/mol. The molecule has 0 atom stereocenters. The molecule has 1 N–H and O–H groups in total. The van der Waals surface area contributed by atoms with Gasteiger partial charge in [-0.15, -0.1) is 0 Å². The SMILES string of the molecule is Cc1nc2c(C(C)C)c(NC(=O)OC(C)(C)C)cnc2s1. The van der Waals surface area contributed by atoms with Gasteiger partial charge < -0.3 is 4.74 Å². The average molecular weight is 307 g/mol. The third-order valence-corrected chi connectivity index (χ3v) is 3.66. The molecule has 0 aliphatic heterocycles. The number of anilines is 1. The zero-order chi connectivity index (χ0) is 15.8. The Kier molecular flexibility index (Phi) is 4.18. The molecule has 6 heteroatoms. The molecule has 114 valence electrons. The van der Waals surface area contributed by atoms with Gasteiger partial charge in [-0.05, 0) is 33.6 Å². The van der Waals surface area contributed by atoms with Crippen LogP contribution in [0.5, 0.6) is 0 Å². The van der Waals surface area contributed by atoms with Crippen molar-refractivity contribution in [2.75, 3.05) is 5.32 Å². The van der Waals surface area contributed by atoms with Crippen molar-refractivity contribution in [1.82, 2.24) is 9.97 Å². The third-order valence-electron chi connectivity index (χ3n) is 2.79. The highest BCUT2D eigenvalue weighted by molar-refractivity contribution is 7.18. The van der Waals surface area contributed by atoms with Gasteiger partial charge in [-0.25, -0.2) is 14.8 Å². The molecule has 2 aromatic heterocycles. The third kappa shape index (κ3) is 3.69. The Balaban J connectivity index is 2.39. The number of hydrogen-bond acceptors (Lipinski definition) is 5. The van der Waals surface area contributed by atoms with E-state index in [-0.39, 0.29) is 5.92 Å². The number of ether oxygens (including phenoxy) is 1. The van der Waals surface area contributed by atoms with Gasteiger partial charge in [0.1, 0.15) is 15.9 Å². The molecule has 2 aromatic rings. The molecule has 0 aliphatic rings. The Morgan fingerprint density at radius 1 is 1.38 bits per heavy atom. The van der Waals surface area contributed by atoms with Gasteiger partial charge in [0.25, 0.3) is 0 Å². The lowest BCUT2D eigenvalue weighted by Crippen LogP contribution is -2.27. The van der Waals surface area contributed by atoms with Crippen LogP contribution in [0.4, 0.5) is 10.5 Å². The molecule has 0 bridgehead atoms. The Labute approximate surface area is 128 Å². The number of thiazole rings is 1. The average Bonchev–Trinajstić information content (AvgIpc) is 2.65. The summed E-state index contributed by atoms with van der Waals surface area (Å²) in [4.78, 5) is 21.8. The highest BCUT2D eigenvalue weighted by Gasteiger charge is 2.20. The Bertz CT molecular complexity index is 671. The van der Waals surface area contributed by atoms with E-state index in [0.29, 0.717) is 5.69 Å². The summed E-state index contributed by atoms with van der Waals surface area (Å²) in [6.07, 6.45) is 1.21. The van der Waals surface area contributed by atoms with Gasteiger partial charge in [-0.3, -0.25) is 5.32 Å². The van der Waals surface area contributed by atoms with Crippen LogP contribution in [0.25, 0.3) is 10.3 Å². The quantitative estimate of drug-likeness (QED) is 0.889. The zero-order valence-electron chi connectivity index (χ0n) is 13.3. The van der Waals surface area contributed by atoms with E-state index in [9.17, 15) is 4.79 Å². The van der Waals surface area contributed by atoms with Crippen molar-refractivity contribution in [3.8, 4) is 0 Å². The molecule has 2 rings (SSSR count). The second-order valence-electron chi connectivity index (χ2n) is 6.25. The molecule has 2 heterocycles. The second-order valence-corrected chi connectivity index (χ2v) is 7.44. The molecule has 0 spiro atoms. The van der Waals surface area contributed by atoms with Gasteiger partial charge in [0, 0.05) is 5.56 Å². The first-order valence-corrected chi connectivity index (χ1v) is 7.75. The molecular weight excluding hydrogens is 286 g/mol. The number of nitrogens with one attached hydrogen (secondary N) is 1. The summed E-state index contributed by atoms with van der Waals surface area (Å²) in [6.45, 7) is 11.6. The lowest BCUT2D eigenvalue weighted by Gasteiger charge is -2.21. The molecule has 21 heavy (non-hydrogen) atoms. The summed E-state index contributed by atoms with van der Waals surface area (Å²) in [6, 6.07) is 0. The molecular formula is C15H21N3O2S. The first kappa shape index (κ1) is 15.7. The maximum absolute atomic E-state index is 12.0. The van der Waals surface area contributed by atoms with Crippen molar-refractivity contribution in [3.63, 3.8) is 0 Å². The molecule has 0 radical (unpaired) electrons. The van der Waals surface area contributed by atoms with Gasteiger partial charge in [0.05, 0.1) is 16.9 Å². The predicted octanol–water partition coefficient (Wildman–Crippen LogP) is 4.47. The number of carbonyl (C=O) groups is 1. The minimum atomic E-state index is -0.531. The van der Waals surface area contributed by atoms with Crippen molar-refractivity contribution >= 4 is 33.5 Å². The highest BCUT2D eigenvalue weighted by atomic mass is 32.1. The number of rotatable bonds is 2. The first-order valence-electron chi connectivity index (χ1n) is 6.93. The topological polar surface area (TPSA) is 64.1 Å². The maximum atomic E-state index is 12.0. The molecule has 0 unspecified atom stereocenters. The summed E-state index contributed by atoms with van der Waals surface area (Å²) in [5, 5.41) is 3.76. The Morgan fingerprint density at radius 3 is 2.62 bits per heavy atom. The summed E-state index contributed by atoms with van der Waals surface area (Å²) in [5.74, 6) is 0.224. The fourth-order valence-corrected chi connectivity index (χ4v) is 2.87. The van der Waals surface area contributed by atoms with Crippen LogP contribution in [-0.2, 0) is 4.74 Å². The zero-order valence-corrected chi connectivity index (χ0v) is 14.1. The molecule has 5 nitrogen and oxygen atoms in total. The van der Waals surface area contributed by atoms with Gasteiger partial charge in [0.2, 0.25) is 0 Å². The van der Waals surface area contributed by atoms with E-state index in [4.69, 9.17) is 4.74 Å². The van der Waals surface area contributed by atoms with Crippen molar-refractivity contribution in [1.29, 1.82) is 0 Å². The van der Waals surface area contributed by atoms with E-state index in [0.717, 1.165) is 20.9 Å². The van der Waals surface area contributed by atoms with Crippen molar-refractivity contribution in [2.45, 2.75) is 53.1 Å². The molecule has 0 saturated heterocycles. The van der Waals surface area contributed by atoms with E-state index in [1.165, 1.54) is 0 Å². The highest BCUT2D eigenvalue weighted by Crippen LogP contribution is 2.33. The van der Waals surface area contributed by atoms with Crippen molar-refractivity contribution in [3.05, 3.63) is 16.8 Å². The van der Waals surface area contributed by atoms with Gasteiger partial charge in [-0.1, -0.05) is 25.2 Å². The molecule has 0 aromatic carbocycles. The van der Waals surface area contributed by atoms with E-state index < -0.39 is 11.7 Å². The van der Waals surface area contributed by atoms with E-state index in [1.54, 1.807) is 17.5 Å². The minimum Gasteiger partial charge on any atom is -0.444 e. The lowest BCUT2D eigenvalue weighted by molar-refractivity contribution is 0.0636. The Morgan fingerprint density at radius 2 is 2.05 bits per heavy atom. The van der Waals surface area contributed by atoms with Crippen LogP contribution in [0.2, 0.25) is 0 Å². The van der Waals surface area contributed by atoms with Crippen LogP contribution in [0.15, 0.2) is 6.20 Å². The molecule has 0 fully saturated rings. The number of fused-ring (bicyclic) bond motifs is 1. The molecule has 0 aliphatic carbocycles. The summed E-state index contributed by atoms with van der Waals surface area (Å²) >= 11 is 1.56. The number of amides is 1. The van der Waals surface area contributed by atoms with Crippen LogP contribution in [0.1, 0.15) is 51.1 Å². The standard InChI is InChI=1S/C15H21N3O2S/c1-8(2)11-10(18-14(19)20-15(4,5)6)7-16-13-12(11)17-9(3)21-13/h7-8H,1-6H3,(H,18,19). The lowest BCUT2D eigenvalue weighted by atomic mass is 10.0. The van der Waals surface area contributed by atoms with Gasteiger partial charge >= 0.3 is 6.09 Å². The van der Waals surface area contributed by atoms with E-state index >= 15 is 0 Å². The summed E-state index contributed by atoms with van der Waals surface area (Å²) < 4.78 is 5.30. The Hall–Kier alpha value is -1.69. The van der Waals surface area contributed by atoms with Crippen LogP contribution >= 0.6 is 11.3 Å². The number of hydrogen-bond donors (Lipinski definition) is 1. The number of nitrogens with zero attached hydrogens (tertiary/aromatic N) is 2. The molecule has 0 saturated carbocycles. The molecule has 1 amide bonds. The van der Waals surface area contributed by atoms with Crippen molar-refractivity contribution in [2.24, 2.45) is 0 Å². The van der Waals surface area contributed by atoms with Crippen LogP contribution in [0.3, 0.4) is 0 Å². The number of aryl methyl sites for hydroxylation is 1. The van der Waals surface area contributed by atoms with E-state index in [1.807, 2.05) is 27.7 Å². The smallest absolute Gasteiger partial charge is 0.412 e. The fraction of sp³-hybridized carbons (Fsp3) is 0.533. The predicted molar refractivity (Wildman–Crippen MR) is 86.1 cm³/mol. The van der Waals surface area contributed by atoms with Crippen molar-refractivity contribution < 1.29 is 9.53 Å². The number of aromatic nitrogens is 2. The summed E-state index contributed by atoms with van der Waals surface area (Å²) in [5.41, 5.74) is 1.99. The fourth-order valence-electron chi connectivity index (χ4n) is 2.10. The minimum absolute atomic E-state index is 0.224. The van der Waals surface area contributed by atoms with E-state index in [2.05, 4.69) is 29.1 Å². The first-order chi connectivity index (χ1) is 9.67. The van der Waals surface area contributed by atoms with Crippen LogP contribution in [0, 0.1) is 6.92 Å². The van der Waals surface area contributed by atoms with Crippen LogP contribution < -0.4 is 5.32 Å². The number of carbonyl (C=O) groups excluding carboxylic acids is 1. The summed E-state index contributed by atoms with van der Waals surface area (Å²) in [7, 11) is 0. The maximum Gasteiger partial charge on any atom is 0.412 e. The van der Waals surface area contributed by atoms with Crippen LogP contribution in [-0.4, -0.2) is 21.7 Å². The normalized spacial score (nSPS) is 12.0. The van der Waals surface area contributed by atoms with Gasteiger partial charge in [-0.2, -0.15) is 0 Å². The van der Waals surface area contributed by atoms with Gasteiger partial charge in [0.15, 0.2) is 0 Å².